The molecular weight excluding hydrogens is 328 g/mol. The van der Waals surface area contributed by atoms with Crippen LogP contribution in [0.15, 0.2) is 35.1 Å². The highest BCUT2D eigenvalue weighted by atomic mass is 79.9. The van der Waals surface area contributed by atoms with Crippen molar-refractivity contribution < 1.29 is 14.7 Å². The van der Waals surface area contributed by atoms with Crippen LogP contribution in [0.25, 0.3) is 0 Å². The van der Waals surface area contributed by atoms with Gasteiger partial charge in [-0.1, -0.05) is 11.3 Å². The first-order valence-corrected chi connectivity index (χ1v) is 6.53. The monoisotopic (exact) mass is 338 g/mol. The Bertz CT molecular complexity index is 628. The van der Waals surface area contributed by atoms with E-state index in [-0.39, 0.29) is 23.6 Å². The summed E-state index contributed by atoms with van der Waals surface area (Å²) in [5.74, 6) is -1.40. The van der Waals surface area contributed by atoms with Crippen LogP contribution in [-0.4, -0.2) is 32.0 Å². The zero-order valence-corrected chi connectivity index (χ0v) is 11.9. The molecule has 0 aliphatic rings. The summed E-state index contributed by atoms with van der Waals surface area (Å²) in [4.78, 5) is 23.0. The molecule has 0 saturated carbocycles. The highest BCUT2D eigenvalue weighted by molar-refractivity contribution is 9.10. The molecule has 7 nitrogen and oxygen atoms in total. The lowest BCUT2D eigenvalue weighted by Crippen LogP contribution is -2.17. The van der Waals surface area contributed by atoms with Gasteiger partial charge in [0.25, 0.3) is 0 Å². The van der Waals surface area contributed by atoms with Gasteiger partial charge in [0.2, 0.25) is 5.91 Å². The maximum Gasteiger partial charge on any atom is 0.337 e. The van der Waals surface area contributed by atoms with Gasteiger partial charge in [-0.2, -0.15) is 0 Å². The first kappa shape index (κ1) is 14.2. The van der Waals surface area contributed by atoms with Crippen molar-refractivity contribution in [3.8, 4) is 0 Å². The Morgan fingerprint density at radius 3 is 2.85 bits per heavy atom. The Kier molecular flexibility index (Phi) is 4.46. The summed E-state index contributed by atoms with van der Waals surface area (Å²) in [5, 5.41) is 19.1. The number of aryl methyl sites for hydroxylation is 1. The molecule has 0 aliphatic carbocycles. The second kappa shape index (κ2) is 6.29. The largest absolute Gasteiger partial charge is 0.478 e. The smallest absolute Gasteiger partial charge is 0.337 e. The van der Waals surface area contributed by atoms with Gasteiger partial charge in [-0.15, -0.1) is 5.10 Å². The number of para-hydroxylation sites is 1. The number of carbonyl (C=O) groups excluding carboxylic acids is 1. The highest BCUT2D eigenvalue weighted by Gasteiger charge is 2.15. The van der Waals surface area contributed by atoms with E-state index in [2.05, 4.69) is 31.6 Å². The van der Waals surface area contributed by atoms with E-state index in [1.165, 1.54) is 16.9 Å². The number of amides is 1. The quantitative estimate of drug-likeness (QED) is 0.865. The summed E-state index contributed by atoms with van der Waals surface area (Å²) in [6, 6.07) is 4.69. The number of carboxylic acids is 1. The molecule has 1 amide bonds. The molecule has 104 valence electrons. The minimum Gasteiger partial charge on any atom is -0.478 e. The van der Waals surface area contributed by atoms with E-state index in [4.69, 9.17) is 5.11 Å². The fourth-order valence-corrected chi connectivity index (χ4v) is 2.06. The molecule has 0 bridgehead atoms. The standard InChI is InChI=1S/C12H11BrN4O3/c13-9-3-1-2-8(12(19)20)11(9)15-10(18)4-6-17-7-5-14-16-17/h1-3,5,7H,4,6H2,(H,15,18)(H,19,20). The van der Waals surface area contributed by atoms with Crippen LogP contribution in [0.1, 0.15) is 16.8 Å². The third-order valence-corrected chi connectivity index (χ3v) is 3.21. The lowest BCUT2D eigenvalue weighted by molar-refractivity contribution is -0.116. The molecule has 1 heterocycles. The molecule has 2 rings (SSSR count). The number of aromatic carboxylic acids is 1. The number of hydrogen-bond acceptors (Lipinski definition) is 4. The Balaban J connectivity index is 2.06. The van der Waals surface area contributed by atoms with Crippen LogP contribution >= 0.6 is 15.9 Å². The van der Waals surface area contributed by atoms with Gasteiger partial charge in [0.15, 0.2) is 0 Å². The minimum atomic E-state index is -1.10. The van der Waals surface area contributed by atoms with Crippen molar-refractivity contribution in [3.05, 3.63) is 40.6 Å². The van der Waals surface area contributed by atoms with E-state index in [9.17, 15) is 9.59 Å². The van der Waals surface area contributed by atoms with E-state index in [0.717, 1.165) is 0 Å². The zero-order chi connectivity index (χ0) is 14.5. The summed E-state index contributed by atoms with van der Waals surface area (Å²) < 4.78 is 2.05. The number of hydrogen-bond donors (Lipinski definition) is 2. The van der Waals surface area contributed by atoms with Crippen molar-refractivity contribution in [2.24, 2.45) is 0 Å². The van der Waals surface area contributed by atoms with Crippen LogP contribution in [-0.2, 0) is 11.3 Å². The number of nitrogens with zero attached hydrogens (tertiary/aromatic N) is 3. The molecular formula is C12H11BrN4O3. The Morgan fingerprint density at radius 2 is 2.20 bits per heavy atom. The fourth-order valence-electron chi connectivity index (χ4n) is 1.60. The summed E-state index contributed by atoms with van der Waals surface area (Å²) in [6.07, 6.45) is 3.34. The average Bonchev–Trinajstić information content (AvgIpc) is 2.91. The first-order valence-electron chi connectivity index (χ1n) is 5.73. The molecule has 0 atom stereocenters. The molecule has 8 heteroatoms. The van der Waals surface area contributed by atoms with Crippen LogP contribution in [0.2, 0.25) is 0 Å². The van der Waals surface area contributed by atoms with Crippen molar-refractivity contribution in [1.82, 2.24) is 15.0 Å². The molecule has 20 heavy (non-hydrogen) atoms. The lowest BCUT2D eigenvalue weighted by atomic mass is 10.1. The molecule has 0 unspecified atom stereocenters. The molecule has 0 aliphatic heterocycles. The van der Waals surface area contributed by atoms with E-state index >= 15 is 0 Å². The van der Waals surface area contributed by atoms with Gasteiger partial charge in [0.1, 0.15) is 0 Å². The third kappa shape index (κ3) is 3.41. The van der Waals surface area contributed by atoms with Gasteiger partial charge in [-0.25, -0.2) is 4.79 Å². The molecule has 1 aromatic heterocycles. The van der Waals surface area contributed by atoms with Crippen LogP contribution in [0, 0.1) is 0 Å². The number of rotatable bonds is 5. The number of nitrogens with one attached hydrogen (secondary N) is 1. The predicted octanol–water partition coefficient (Wildman–Crippen LogP) is 1.77. The van der Waals surface area contributed by atoms with Crippen molar-refractivity contribution in [2.45, 2.75) is 13.0 Å². The topological polar surface area (TPSA) is 97.1 Å². The van der Waals surface area contributed by atoms with Crippen LogP contribution in [0.5, 0.6) is 0 Å². The maximum absolute atomic E-state index is 11.8. The van der Waals surface area contributed by atoms with E-state index in [1.54, 1.807) is 18.3 Å². The number of halogens is 1. The molecule has 0 radical (unpaired) electrons. The van der Waals surface area contributed by atoms with E-state index in [0.29, 0.717) is 11.0 Å². The Morgan fingerprint density at radius 1 is 1.40 bits per heavy atom. The molecule has 0 spiro atoms. The number of benzene rings is 1. The summed E-state index contributed by atoms with van der Waals surface area (Å²) in [6.45, 7) is 0.374. The van der Waals surface area contributed by atoms with Crippen molar-refractivity contribution in [2.75, 3.05) is 5.32 Å². The van der Waals surface area contributed by atoms with Gasteiger partial charge in [0.05, 0.1) is 24.0 Å². The van der Waals surface area contributed by atoms with Gasteiger partial charge >= 0.3 is 5.97 Å². The normalized spacial score (nSPS) is 10.2. The fraction of sp³-hybridized carbons (Fsp3) is 0.167. The maximum atomic E-state index is 11.8. The van der Waals surface area contributed by atoms with E-state index in [1.807, 2.05) is 0 Å². The molecule has 2 N–H and O–H groups in total. The molecule has 1 aromatic carbocycles. The van der Waals surface area contributed by atoms with Crippen molar-refractivity contribution >= 4 is 33.5 Å². The molecule has 2 aromatic rings. The number of anilines is 1. The zero-order valence-electron chi connectivity index (χ0n) is 10.3. The van der Waals surface area contributed by atoms with Crippen molar-refractivity contribution in [3.63, 3.8) is 0 Å². The lowest BCUT2D eigenvalue weighted by Gasteiger charge is -2.10. The molecule has 0 fully saturated rings. The molecule has 0 saturated heterocycles. The van der Waals surface area contributed by atoms with Gasteiger partial charge in [0, 0.05) is 17.1 Å². The summed E-state index contributed by atoms with van der Waals surface area (Å²) >= 11 is 3.23. The van der Waals surface area contributed by atoms with Crippen LogP contribution < -0.4 is 5.32 Å². The number of carboxylic acid groups (broad SMARTS) is 1. The summed E-state index contributed by atoms with van der Waals surface area (Å²) in [5.41, 5.74) is 0.289. The second-order valence-electron chi connectivity index (χ2n) is 3.93. The number of carbonyl (C=O) groups is 2. The number of aromatic nitrogens is 3. The van der Waals surface area contributed by atoms with Crippen molar-refractivity contribution in [1.29, 1.82) is 0 Å². The van der Waals surface area contributed by atoms with Crippen LogP contribution in [0.3, 0.4) is 0 Å². The van der Waals surface area contributed by atoms with Gasteiger partial charge in [-0.05, 0) is 28.1 Å². The predicted molar refractivity (Wildman–Crippen MR) is 74.4 cm³/mol. The minimum absolute atomic E-state index is 0.0356. The summed E-state index contributed by atoms with van der Waals surface area (Å²) in [7, 11) is 0. The van der Waals surface area contributed by atoms with E-state index < -0.39 is 5.97 Å². The Hall–Kier alpha value is -2.22. The average molecular weight is 339 g/mol. The first-order chi connectivity index (χ1) is 9.58. The van der Waals surface area contributed by atoms with Gasteiger partial charge < -0.3 is 10.4 Å². The SMILES string of the molecule is O=C(CCn1ccnn1)Nc1c(Br)cccc1C(=O)O. The Labute approximate surface area is 122 Å². The van der Waals surface area contributed by atoms with Gasteiger partial charge in [-0.3, -0.25) is 9.48 Å². The van der Waals surface area contributed by atoms with Crippen LogP contribution in [0.4, 0.5) is 5.69 Å². The second-order valence-corrected chi connectivity index (χ2v) is 4.79. The third-order valence-electron chi connectivity index (χ3n) is 2.55. The highest BCUT2D eigenvalue weighted by Crippen LogP contribution is 2.26.